The number of benzene rings is 1. The molecule has 15 heavy (non-hydrogen) atoms. The van der Waals surface area contributed by atoms with Crippen LogP contribution >= 0.6 is 0 Å². The first-order chi connectivity index (χ1) is 7.25. The number of hydrogen-bond donors (Lipinski definition) is 1. The smallest absolute Gasteiger partial charge is 0.116 e. The van der Waals surface area contributed by atoms with E-state index >= 15 is 0 Å². The van der Waals surface area contributed by atoms with Crippen molar-refractivity contribution in [2.75, 3.05) is 0 Å². The number of hydrogen-bond acceptors (Lipinski definition) is 2. The van der Waals surface area contributed by atoms with Crippen LogP contribution in [0.25, 0.3) is 10.9 Å². The molecule has 3 nitrogen and oxygen atoms in total. The zero-order chi connectivity index (χ0) is 10.4. The van der Waals surface area contributed by atoms with E-state index in [0.717, 1.165) is 10.9 Å². The summed E-state index contributed by atoms with van der Waals surface area (Å²) in [5.41, 5.74) is 2.27. The molecule has 0 aliphatic heterocycles. The number of phenols is 1. The second-order valence-electron chi connectivity index (χ2n) is 4.34. The van der Waals surface area contributed by atoms with E-state index < -0.39 is 0 Å². The van der Waals surface area contributed by atoms with E-state index in [1.54, 1.807) is 6.07 Å². The zero-order valence-electron chi connectivity index (χ0n) is 8.77. The summed E-state index contributed by atoms with van der Waals surface area (Å²) in [6, 6.07) is 5.41. The predicted octanol–water partition coefficient (Wildman–Crippen LogP) is 2.55. The number of rotatable bonds is 1. The Hall–Kier alpha value is -1.51. The van der Waals surface area contributed by atoms with Crippen LogP contribution in [0.5, 0.6) is 5.75 Å². The van der Waals surface area contributed by atoms with Crippen LogP contribution in [0.2, 0.25) is 0 Å². The highest BCUT2D eigenvalue weighted by molar-refractivity contribution is 5.83. The Bertz CT molecular complexity index is 512. The third-order valence-corrected chi connectivity index (χ3v) is 3.35. The van der Waals surface area contributed by atoms with Gasteiger partial charge in [0.2, 0.25) is 0 Å². The highest BCUT2D eigenvalue weighted by Crippen LogP contribution is 2.39. The van der Waals surface area contributed by atoms with Crippen molar-refractivity contribution < 1.29 is 5.11 Å². The van der Waals surface area contributed by atoms with Crippen LogP contribution in [0.3, 0.4) is 0 Å². The van der Waals surface area contributed by atoms with Crippen LogP contribution in [0.1, 0.15) is 30.9 Å². The molecule has 1 saturated carbocycles. The first kappa shape index (κ1) is 8.77. The normalized spacial score (nSPS) is 16.9. The molecule has 0 unspecified atom stereocenters. The van der Waals surface area contributed by atoms with Crippen molar-refractivity contribution in [3.63, 3.8) is 0 Å². The predicted molar refractivity (Wildman–Crippen MR) is 59.0 cm³/mol. The standard InChI is InChI=1S/C12H14N2O/c1-14-12(8-3-2-4-8)10-7-9(15)5-6-11(10)13-14/h5-8,15H,2-4H2,1H3. The molecule has 1 heterocycles. The van der Waals surface area contributed by atoms with Gasteiger partial charge in [-0.15, -0.1) is 0 Å². The molecular formula is C12H14N2O. The molecule has 2 aromatic rings. The van der Waals surface area contributed by atoms with Crippen molar-refractivity contribution in [3.05, 3.63) is 23.9 Å². The largest absolute Gasteiger partial charge is 0.508 e. The van der Waals surface area contributed by atoms with Gasteiger partial charge in [-0.2, -0.15) is 5.10 Å². The molecule has 78 valence electrons. The zero-order valence-corrected chi connectivity index (χ0v) is 8.77. The van der Waals surface area contributed by atoms with Gasteiger partial charge in [0.15, 0.2) is 0 Å². The summed E-state index contributed by atoms with van der Waals surface area (Å²) in [6.45, 7) is 0. The molecule has 1 aromatic heterocycles. The van der Waals surface area contributed by atoms with Crippen LogP contribution in [0, 0.1) is 0 Å². The van der Waals surface area contributed by atoms with Gasteiger partial charge in [-0.25, -0.2) is 0 Å². The fourth-order valence-corrected chi connectivity index (χ4v) is 2.37. The van der Waals surface area contributed by atoms with Crippen molar-refractivity contribution >= 4 is 10.9 Å². The van der Waals surface area contributed by atoms with Gasteiger partial charge >= 0.3 is 0 Å². The number of fused-ring (bicyclic) bond motifs is 1. The van der Waals surface area contributed by atoms with Gasteiger partial charge in [-0.05, 0) is 31.0 Å². The van der Waals surface area contributed by atoms with Gasteiger partial charge in [0.1, 0.15) is 5.75 Å². The van der Waals surface area contributed by atoms with Crippen molar-refractivity contribution in [1.29, 1.82) is 0 Å². The fraction of sp³-hybridized carbons (Fsp3) is 0.417. The first-order valence-corrected chi connectivity index (χ1v) is 5.41. The molecule has 0 spiro atoms. The maximum Gasteiger partial charge on any atom is 0.116 e. The summed E-state index contributed by atoms with van der Waals surface area (Å²) in [7, 11) is 1.99. The maximum absolute atomic E-state index is 9.50. The lowest BCUT2D eigenvalue weighted by Gasteiger charge is -2.25. The Morgan fingerprint density at radius 3 is 2.87 bits per heavy atom. The van der Waals surface area contributed by atoms with E-state index in [1.807, 2.05) is 23.9 Å². The van der Waals surface area contributed by atoms with Crippen molar-refractivity contribution in [2.24, 2.45) is 7.05 Å². The molecule has 1 fully saturated rings. The highest BCUT2D eigenvalue weighted by atomic mass is 16.3. The molecule has 1 N–H and O–H groups in total. The SMILES string of the molecule is Cn1nc2ccc(O)cc2c1C1CCC1. The van der Waals surface area contributed by atoms with E-state index in [0.29, 0.717) is 11.7 Å². The number of nitrogens with zero attached hydrogens (tertiary/aromatic N) is 2. The topological polar surface area (TPSA) is 38.0 Å². The maximum atomic E-state index is 9.50. The number of phenolic OH excluding ortho intramolecular Hbond substituents is 1. The molecule has 0 bridgehead atoms. The first-order valence-electron chi connectivity index (χ1n) is 5.41. The summed E-state index contributed by atoms with van der Waals surface area (Å²) < 4.78 is 1.97. The molecule has 0 atom stereocenters. The van der Waals surface area contributed by atoms with Gasteiger partial charge in [0.05, 0.1) is 5.52 Å². The molecule has 0 amide bonds. The average Bonchev–Trinajstić information content (AvgIpc) is 2.42. The van der Waals surface area contributed by atoms with Gasteiger partial charge < -0.3 is 5.11 Å². The quantitative estimate of drug-likeness (QED) is 0.771. The Kier molecular flexibility index (Phi) is 1.75. The van der Waals surface area contributed by atoms with Crippen molar-refractivity contribution in [2.45, 2.75) is 25.2 Å². The monoisotopic (exact) mass is 202 g/mol. The van der Waals surface area contributed by atoms with Gasteiger partial charge in [-0.1, -0.05) is 6.42 Å². The van der Waals surface area contributed by atoms with Crippen LogP contribution in [-0.4, -0.2) is 14.9 Å². The lowest BCUT2D eigenvalue weighted by atomic mass is 9.82. The van der Waals surface area contributed by atoms with E-state index in [9.17, 15) is 5.11 Å². The Morgan fingerprint density at radius 1 is 1.40 bits per heavy atom. The molecule has 0 saturated heterocycles. The van der Waals surface area contributed by atoms with Crippen LogP contribution in [0.4, 0.5) is 0 Å². The lowest BCUT2D eigenvalue weighted by molar-refractivity contribution is 0.399. The molecule has 1 aliphatic rings. The van der Waals surface area contributed by atoms with Crippen LogP contribution < -0.4 is 0 Å². The second kappa shape index (κ2) is 2.99. The molecular weight excluding hydrogens is 188 g/mol. The number of aromatic hydroxyl groups is 1. The summed E-state index contributed by atoms with van der Waals surface area (Å²) in [5, 5.41) is 15.1. The molecule has 3 heteroatoms. The minimum absolute atomic E-state index is 0.330. The third kappa shape index (κ3) is 1.23. The van der Waals surface area contributed by atoms with Crippen LogP contribution in [0.15, 0.2) is 18.2 Å². The van der Waals surface area contributed by atoms with E-state index in [1.165, 1.54) is 25.0 Å². The summed E-state index contributed by atoms with van der Waals surface area (Å²) in [4.78, 5) is 0. The van der Waals surface area contributed by atoms with Crippen molar-refractivity contribution in [1.82, 2.24) is 9.78 Å². The fourth-order valence-electron chi connectivity index (χ4n) is 2.37. The van der Waals surface area contributed by atoms with E-state index in [-0.39, 0.29) is 0 Å². The van der Waals surface area contributed by atoms with E-state index in [4.69, 9.17) is 0 Å². The number of aryl methyl sites for hydroxylation is 1. The molecule has 0 radical (unpaired) electrons. The Labute approximate surface area is 88.3 Å². The van der Waals surface area contributed by atoms with Crippen molar-refractivity contribution in [3.8, 4) is 5.75 Å². The minimum Gasteiger partial charge on any atom is -0.508 e. The Balaban J connectivity index is 2.25. The lowest BCUT2D eigenvalue weighted by Crippen LogP contribution is -2.13. The second-order valence-corrected chi connectivity index (χ2v) is 4.34. The minimum atomic E-state index is 0.330. The van der Waals surface area contributed by atoms with Gasteiger partial charge in [0, 0.05) is 24.0 Å². The Morgan fingerprint density at radius 2 is 2.20 bits per heavy atom. The molecule has 1 aliphatic carbocycles. The van der Waals surface area contributed by atoms with Gasteiger partial charge in [0.25, 0.3) is 0 Å². The third-order valence-electron chi connectivity index (χ3n) is 3.35. The highest BCUT2D eigenvalue weighted by Gasteiger charge is 2.25. The van der Waals surface area contributed by atoms with E-state index in [2.05, 4.69) is 5.10 Å². The molecule has 3 rings (SSSR count). The summed E-state index contributed by atoms with van der Waals surface area (Å²) in [6.07, 6.45) is 3.82. The number of aromatic nitrogens is 2. The molecule has 1 aromatic carbocycles. The summed E-state index contributed by atoms with van der Waals surface area (Å²) >= 11 is 0. The summed E-state index contributed by atoms with van der Waals surface area (Å²) in [5.74, 6) is 0.970. The van der Waals surface area contributed by atoms with Crippen LogP contribution in [-0.2, 0) is 7.05 Å². The average molecular weight is 202 g/mol. The van der Waals surface area contributed by atoms with Gasteiger partial charge in [-0.3, -0.25) is 4.68 Å².